The number of alkyl halides is 3. The molecule has 0 unspecified atom stereocenters. The normalized spacial score (nSPS) is 20.7. The van der Waals surface area contributed by atoms with E-state index in [1.54, 1.807) is 13.8 Å². The lowest BCUT2D eigenvalue weighted by atomic mass is 10.1. The van der Waals surface area contributed by atoms with Crippen molar-refractivity contribution in [1.29, 1.82) is 0 Å². The molecule has 27 heavy (non-hydrogen) atoms. The van der Waals surface area contributed by atoms with Crippen LogP contribution in [-0.2, 0) is 16.1 Å². The number of fused-ring (bicyclic) bond motifs is 1. The summed E-state index contributed by atoms with van der Waals surface area (Å²) in [6, 6.07) is -0.502. The SMILES string of the molecule is CC(C)C(=O)CN1c2nc(N3CCOCC3)cc(=O)n2CC[C@H]1C(F)(F)F. The van der Waals surface area contributed by atoms with E-state index in [4.69, 9.17) is 4.74 Å². The molecule has 0 aliphatic carbocycles. The third-order valence-corrected chi connectivity index (χ3v) is 4.92. The molecule has 2 aliphatic rings. The fourth-order valence-electron chi connectivity index (χ4n) is 3.28. The van der Waals surface area contributed by atoms with Gasteiger partial charge in [0.1, 0.15) is 11.9 Å². The van der Waals surface area contributed by atoms with Crippen molar-refractivity contribution in [2.45, 2.75) is 39.0 Å². The summed E-state index contributed by atoms with van der Waals surface area (Å²) < 4.78 is 47.3. The molecule has 0 aromatic carbocycles. The molecule has 7 nitrogen and oxygen atoms in total. The lowest BCUT2D eigenvalue weighted by Crippen LogP contribution is -2.54. The Kier molecular flexibility index (Phi) is 5.45. The molecule has 0 bridgehead atoms. The first kappa shape index (κ1) is 19.7. The van der Waals surface area contributed by atoms with Crippen LogP contribution in [0.2, 0.25) is 0 Å². The van der Waals surface area contributed by atoms with E-state index < -0.39 is 30.2 Å². The molecule has 0 spiro atoms. The number of morpholine rings is 1. The largest absolute Gasteiger partial charge is 0.408 e. The summed E-state index contributed by atoms with van der Waals surface area (Å²) in [6.07, 6.45) is -4.81. The third-order valence-electron chi connectivity index (χ3n) is 4.92. The molecular formula is C17H23F3N4O3. The molecule has 1 aromatic heterocycles. The number of carbonyl (C=O) groups is 1. The molecule has 1 atom stereocenters. The summed E-state index contributed by atoms with van der Waals surface area (Å²) in [6.45, 7) is 4.69. The number of ether oxygens (including phenoxy) is 1. The minimum absolute atomic E-state index is 0.0822. The minimum atomic E-state index is -4.52. The molecule has 0 saturated carbocycles. The molecule has 2 aliphatic heterocycles. The number of rotatable bonds is 4. The van der Waals surface area contributed by atoms with E-state index in [0.717, 1.165) is 4.90 Å². The fraction of sp³-hybridized carbons (Fsp3) is 0.706. The number of halogens is 3. The monoisotopic (exact) mass is 388 g/mol. The van der Waals surface area contributed by atoms with Gasteiger partial charge in [0, 0.05) is 31.6 Å². The maximum atomic E-state index is 13.6. The Morgan fingerprint density at radius 1 is 1.30 bits per heavy atom. The van der Waals surface area contributed by atoms with Gasteiger partial charge in [-0.15, -0.1) is 0 Å². The zero-order valence-corrected chi connectivity index (χ0v) is 15.3. The van der Waals surface area contributed by atoms with Crippen LogP contribution in [0.5, 0.6) is 0 Å². The molecule has 150 valence electrons. The van der Waals surface area contributed by atoms with Gasteiger partial charge in [-0.2, -0.15) is 18.2 Å². The van der Waals surface area contributed by atoms with E-state index in [0.29, 0.717) is 32.1 Å². The zero-order valence-electron chi connectivity index (χ0n) is 15.3. The average Bonchev–Trinajstić information content (AvgIpc) is 2.61. The van der Waals surface area contributed by atoms with Crippen LogP contribution in [0.15, 0.2) is 10.9 Å². The summed E-state index contributed by atoms with van der Waals surface area (Å²) in [4.78, 5) is 31.8. The van der Waals surface area contributed by atoms with Crippen LogP contribution >= 0.6 is 0 Å². The number of aromatic nitrogens is 2. The summed E-state index contributed by atoms with van der Waals surface area (Å²) in [5, 5.41) is 0. The summed E-state index contributed by atoms with van der Waals surface area (Å²) in [7, 11) is 0. The topological polar surface area (TPSA) is 67.7 Å². The van der Waals surface area contributed by atoms with Gasteiger partial charge in [-0.05, 0) is 6.42 Å². The second kappa shape index (κ2) is 7.49. The number of Topliss-reactive ketones (excluding diaryl/α,β-unsaturated/α-hetero) is 1. The molecular weight excluding hydrogens is 365 g/mol. The van der Waals surface area contributed by atoms with Gasteiger partial charge >= 0.3 is 6.18 Å². The molecule has 10 heteroatoms. The standard InChI is InChI=1S/C17H23F3N4O3/c1-11(2)12(25)10-24-13(17(18,19)20)3-4-23-15(26)9-14(21-16(23)24)22-5-7-27-8-6-22/h9,11,13H,3-8,10H2,1-2H3/t13-/m0/s1. The highest BCUT2D eigenvalue weighted by molar-refractivity contribution is 5.85. The molecule has 1 saturated heterocycles. The predicted octanol–water partition coefficient (Wildman–Crippen LogP) is 1.45. The van der Waals surface area contributed by atoms with Gasteiger partial charge in [-0.1, -0.05) is 13.8 Å². The molecule has 3 rings (SSSR count). The van der Waals surface area contributed by atoms with Crippen molar-refractivity contribution in [3.8, 4) is 0 Å². The Labute approximate surface area is 154 Å². The Balaban J connectivity index is 2.04. The number of hydrogen-bond donors (Lipinski definition) is 0. The van der Waals surface area contributed by atoms with Crippen LogP contribution in [0, 0.1) is 5.92 Å². The Bertz CT molecular complexity index is 757. The second-order valence-electron chi connectivity index (χ2n) is 7.10. The predicted molar refractivity (Wildman–Crippen MR) is 93.2 cm³/mol. The smallest absolute Gasteiger partial charge is 0.378 e. The molecule has 0 N–H and O–H groups in total. The van der Waals surface area contributed by atoms with Gasteiger partial charge in [0.05, 0.1) is 19.8 Å². The maximum absolute atomic E-state index is 13.6. The van der Waals surface area contributed by atoms with Gasteiger partial charge < -0.3 is 14.5 Å². The van der Waals surface area contributed by atoms with E-state index in [2.05, 4.69) is 4.98 Å². The molecule has 1 fully saturated rings. The fourth-order valence-corrected chi connectivity index (χ4v) is 3.28. The number of anilines is 2. The van der Waals surface area contributed by atoms with Crippen LogP contribution in [0.4, 0.5) is 24.9 Å². The van der Waals surface area contributed by atoms with Crippen molar-refractivity contribution in [1.82, 2.24) is 9.55 Å². The van der Waals surface area contributed by atoms with Crippen LogP contribution < -0.4 is 15.4 Å². The minimum Gasteiger partial charge on any atom is -0.378 e. The molecule has 0 amide bonds. The zero-order chi connectivity index (χ0) is 19.8. The van der Waals surface area contributed by atoms with Crippen LogP contribution in [0.25, 0.3) is 0 Å². The number of hydrogen-bond acceptors (Lipinski definition) is 6. The third kappa shape index (κ3) is 4.10. The number of nitrogens with zero attached hydrogens (tertiary/aromatic N) is 4. The van der Waals surface area contributed by atoms with E-state index >= 15 is 0 Å². The quantitative estimate of drug-likeness (QED) is 0.778. The van der Waals surface area contributed by atoms with Gasteiger partial charge in [-0.25, -0.2) is 0 Å². The summed E-state index contributed by atoms with van der Waals surface area (Å²) >= 11 is 0. The average molecular weight is 388 g/mol. The molecule has 1 aromatic rings. The van der Waals surface area contributed by atoms with Crippen molar-refractivity contribution in [2.24, 2.45) is 5.92 Å². The summed E-state index contributed by atoms with van der Waals surface area (Å²) in [5.41, 5.74) is -0.413. The highest BCUT2D eigenvalue weighted by atomic mass is 19.4. The van der Waals surface area contributed by atoms with Crippen molar-refractivity contribution >= 4 is 17.5 Å². The van der Waals surface area contributed by atoms with Gasteiger partial charge in [0.2, 0.25) is 5.95 Å². The van der Waals surface area contributed by atoms with Gasteiger partial charge in [0.25, 0.3) is 5.56 Å². The van der Waals surface area contributed by atoms with Crippen molar-refractivity contribution in [2.75, 3.05) is 42.6 Å². The lowest BCUT2D eigenvalue weighted by molar-refractivity contribution is -0.153. The van der Waals surface area contributed by atoms with Crippen LogP contribution in [0.3, 0.4) is 0 Å². The highest BCUT2D eigenvalue weighted by Crippen LogP contribution is 2.34. The first-order valence-electron chi connectivity index (χ1n) is 8.99. The van der Waals surface area contributed by atoms with Crippen LogP contribution in [0.1, 0.15) is 20.3 Å². The molecule has 0 radical (unpaired) electrons. The lowest BCUT2D eigenvalue weighted by Gasteiger charge is -2.39. The highest BCUT2D eigenvalue weighted by Gasteiger charge is 2.47. The molecule has 3 heterocycles. The maximum Gasteiger partial charge on any atom is 0.408 e. The van der Waals surface area contributed by atoms with Crippen molar-refractivity contribution < 1.29 is 22.7 Å². The Morgan fingerprint density at radius 2 is 1.96 bits per heavy atom. The number of carbonyl (C=O) groups excluding carboxylic acids is 1. The van der Waals surface area contributed by atoms with Gasteiger partial charge in [-0.3, -0.25) is 14.2 Å². The van der Waals surface area contributed by atoms with E-state index in [9.17, 15) is 22.8 Å². The van der Waals surface area contributed by atoms with Crippen molar-refractivity contribution in [3.63, 3.8) is 0 Å². The van der Waals surface area contributed by atoms with Gasteiger partial charge in [0.15, 0.2) is 5.78 Å². The second-order valence-corrected chi connectivity index (χ2v) is 7.10. The summed E-state index contributed by atoms with van der Waals surface area (Å²) in [5.74, 6) is -0.516. The van der Waals surface area contributed by atoms with E-state index in [-0.39, 0.29) is 24.7 Å². The first-order valence-corrected chi connectivity index (χ1v) is 8.99. The first-order chi connectivity index (χ1) is 12.7. The van der Waals surface area contributed by atoms with Crippen LogP contribution in [-0.4, -0.2) is 60.4 Å². The Morgan fingerprint density at radius 3 is 2.56 bits per heavy atom. The van der Waals surface area contributed by atoms with Crippen molar-refractivity contribution in [3.05, 3.63) is 16.4 Å². The van der Waals surface area contributed by atoms with E-state index in [1.807, 2.05) is 4.90 Å². The number of ketones is 1. The Hall–Kier alpha value is -2.10. The van der Waals surface area contributed by atoms with E-state index in [1.165, 1.54) is 10.6 Å².